The van der Waals surface area contributed by atoms with Crippen LogP contribution in [0.15, 0.2) is 12.3 Å². The van der Waals surface area contributed by atoms with Gasteiger partial charge < -0.3 is 10.2 Å². The van der Waals surface area contributed by atoms with Crippen LogP contribution in [0.4, 0.5) is 0 Å². The summed E-state index contributed by atoms with van der Waals surface area (Å²) in [7, 11) is 0. The second-order valence-corrected chi connectivity index (χ2v) is 5.23. The lowest BCUT2D eigenvalue weighted by atomic mass is 10.1. The molecule has 20 heavy (non-hydrogen) atoms. The number of carboxylic acid groups (broad SMARTS) is 1. The normalized spacial score (nSPS) is 10.3. The molecule has 0 aromatic heterocycles. The van der Waals surface area contributed by atoms with Crippen molar-refractivity contribution in [2.24, 2.45) is 0 Å². The summed E-state index contributed by atoms with van der Waals surface area (Å²) in [6, 6.07) is 0. The Labute approximate surface area is 125 Å². The van der Waals surface area contributed by atoms with Crippen LogP contribution in [0.3, 0.4) is 0 Å². The Morgan fingerprint density at radius 3 is 1.55 bits per heavy atom. The van der Waals surface area contributed by atoms with Crippen molar-refractivity contribution in [2.45, 2.75) is 90.9 Å². The molecule has 0 rings (SSSR count). The first kappa shape index (κ1) is 21.3. The molecule has 0 saturated carbocycles. The molecule has 0 amide bonds. The first-order valence-electron chi connectivity index (χ1n) is 8.13. The van der Waals surface area contributed by atoms with E-state index < -0.39 is 5.97 Å². The molecular weight excluding hydrogens is 252 g/mol. The lowest BCUT2D eigenvalue weighted by molar-refractivity contribution is -0.134. The van der Waals surface area contributed by atoms with Crippen LogP contribution >= 0.6 is 0 Å². The van der Waals surface area contributed by atoms with E-state index >= 15 is 0 Å². The van der Waals surface area contributed by atoms with Crippen molar-refractivity contribution in [1.29, 1.82) is 0 Å². The zero-order valence-corrected chi connectivity index (χ0v) is 13.4. The highest BCUT2D eigenvalue weighted by Gasteiger charge is 1.92. The summed E-state index contributed by atoms with van der Waals surface area (Å²) in [5.41, 5.74) is 0. The Bertz CT molecular complexity index is 208. The van der Waals surface area contributed by atoms with Crippen LogP contribution in [0.5, 0.6) is 0 Å². The topological polar surface area (TPSA) is 57.5 Å². The molecule has 0 atom stereocenters. The number of hydrogen-bond donors (Lipinski definition) is 2. The fourth-order valence-electron chi connectivity index (χ4n) is 2.00. The minimum Gasteiger partial charge on any atom is -0.516 e. The number of aliphatic hydroxyl groups is 1. The van der Waals surface area contributed by atoms with Crippen LogP contribution < -0.4 is 0 Å². The van der Waals surface area contributed by atoms with Gasteiger partial charge in [-0.3, -0.25) is 4.79 Å². The number of rotatable bonds is 12. The molecule has 0 saturated heterocycles. The van der Waals surface area contributed by atoms with Crippen molar-refractivity contribution in [1.82, 2.24) is 0 Å². The van der Waals surface area contributed by atoms with Crippen LogP contribution in [0.1, 0.15) is 90.9 Å². The highest BCUT2D eigenvalue weighted by atomic mass is 16.4. The predicted molar refractivity (Wildman–Crippen MR) is 86.2 cm³/mol. The van der Waals surface area contributed by atoms with Crippen molar-refractivity contribution in [3.8, 4) is 0 Å². The molecule has 0 bridgehead atoms. The maximum absolute atomic E-state index is 9.00. The molecule has 0 aliphatic rings. The quantitative estimate of drug-likeness (QED) is 0.349. The lowest BCUT2D eigenvalue weighted by Crippen LogP contribution is -1.81. The molecule has 0 radical (unpaired) electrons. The van der Waals surface area contributed by atoms with E-state index in [9.17, 15) is 0 Å². The summed E-state index contributed by atoms with van der Waals surface area (Å²) in [6.45, 7) is 3.35. The molecule has 2 N–H and O–H groups in total. The van der Waals surface area contributed by atoms with Gasteiger partial charge in [-0.25, -0.2) is 0 Å². The van der Waals surface area contributed by atoms with Gasteiger partial charge in [-0.15, -0.1) is 0 Å². The SMILES string of the molecule is CC(=O)O.CCCCCCCCCCCCCC=CO. The highest BCUT2D eigenvalue weighted by molar-refractivity contribution is 5.62. The van der Waals surface area contributed by atoms with E-state index in [2.05, 4.69) is 6.92 Å². The Morgan fingerprint density at radius 1 is 0.850 bits per heavy atom. The number of carbonyl (C=O) groups is 1. The molecule has 0 heterocycles. The zero-order chi connectivity index (χ0) is 15.5. The minimum atomic E-state index is -0.833. The first-order chi connectivity index (χ1) is 9.65. The maximum atomic E-state index is 9.00. The molecular formula is C17H34O3. The first-order valence-corrected chi connectivity index (χ1v) is 8.13. The highest BCUT2D eigenvalue weighted by Crippen LogP contribution is 2.11. The van der Waals surface area contributed by atoms with Gasteiger partial charge in [0.25, 0.3) is 5.97 Å². The number of allylic oxidation sites excluding steroid dienone is 1. The Morgan fingerprint density at radius 2 is 1.20 bits per heavy atom. The van der Waals surface area contributed by atoms with E-state index in [1.54, 1.807) is 0 Å². The Balaban J connectivity index is 0. The van der Waals surface area contributed by atoms with E-state index in [0.717, 1.165) is 19.6 Å². The summed E-state index contributed by atoms with van der Waals surface area (Å²) < 4.78 is 0. The third-order valence-corrected chi connectivity index (χ3v) is 3.08. The fourth-order valence-corrected chi connectivity index (χ4v) is 2.00. The van der Waals surface area contributed by atoms with Gasteiger partial charge in [0.15, 0.2) is 0 Å². The van der Waals surface area contributed by atoms with Gasteiger partial charge in [-0.1, -0.05) is 77.2 Å². The van der Waals surface area contributed by atoms with E-state index in [-0.39, 0.29) is 0 Å². The summed E-state index contributed by atoms with van der Waals surface area (Å²) in [5, 5.41) is 15.9. The molecule has 0 unspecified atom stereocenters. The second-order valence-electron chi connectivity index (χ2n) is 5.23. The van der Waals surface area contributed by atoms with Gasteiger partial charge in [0.05, 0.1) is 6.26 Å². The molecule has 0 aliphatic heterocycles. The standard InChI is InChI=1S/C15H30O.C2H4O2/c1-2-3-4-5-6-7-8-9-10-11-12-13-14-15-16;1-2(3)4/h14-16H,2-13H2,1H3;1H3,(H,3,4). The second kappa shape index (κ2) is 20.3. The van der Waals surface area contributed by atoms with E-state index in [0.29, 0.717) is 0 Å². The molecule has 120 valence electrons. The van der Waals surface area contributed by atoms with Crippen LogP contribution in [-0.2, 0) is 4.79 Å². The largest absolute Gasteiger partial charge is 0.516 e. The average Bonchev–Trinajstić information content (AvgIpc) is 2.39. The van der Waals surface area contributed by atoms with Gasteiger partial charge in [0.1, 0.15) is 0 Å². The smallest absolute Gasteiger partial charge is 0.300 e. The molecule has 0 aromatic carbocycles. The minimum absolute atomic E-state index is 0.833. The van der Waals surface area contributed by atoms with Crippen molar-refractivity contribution < 1.29 is 15.0 Å². The summed E-state index contributed by atoms with van der Waals surface area (Å²) in [5.74, 6) is -0.833. The molecule has 0 spiro atoms. The third-order valence-electron chi connectivity index (χ3n) is 3.08. The third kappa shape index (κ3) is 30.2. The number of aliphatic carboxylic acids is 1. The van der Waals surface area contributed by atoms with Crippen molar-refractivity contribution >= 4 is 5.97 Å². The van der Waals surface area contributed by atoms with Crippen LogP contribution in [0.2, 0.25) is 0 Å². The van der Waals surface area contributed by atoms with E-state index in [1.807, 2.05) is 6.08 Å². The average molecular weight is 286 g/mol. The monoisotopic (exact) mass is 286 g/mol. The number of aliphatic hydroxyl groups excluding tert-OH is 1. The number of hydrogen-bond acceptors (Lipinski definition) is 2. The number of carboxylic acids is 1. The molecule has 3 heteroatoms. The predicted octanol–water partition coefficient (Wildman–Crippen LogP) is 5.85. The zero-order valence-electron chi connectivity index (χ0n) is 13.4. The number of unbranched alkanes of at least 4 members (excludes halogenated alkanes) is 11. The van der Waals surface area contributed by atoms with Crippen LogP contribution in [0.25, 0.3) is 0 Å². The van der Waals surface area contributed by atoms with Gasteiger partial charge in [-0.2, -0.15) is 0 Å². The van der Waals surface area contributed by atoms with Gasteiger partial charge in [0, 0.05) is 6.92 Å². The van der Waals surface area contributed by atoms with Crippen molar-refractivity contribution in [3.63, 3.8) is 0 Å². The molecule has 3 nitrogen and oxygen atoms in total. The Kier molecular flexibility index (Phi) is 21.7. The fraction of sp³-hybridized carbons (Fsp3) is 0.824. The van der Waals surface area contributed by atoms with E-state index in [1.165, 1.54) is 70.6 Å². The van der Waals surface area contributed by atoms with E-state index in [4.69, 9.17) is 15.0 Å². The van der Waals surface area contributed by atoms with Crippen LogP contribution in [0, 0.1) is 0 Å². The van der Waals surface area contributed by atoms with Gasteiger partial charge >= 0.3 is 0 Å². The van der Waals surface area contributed by atoms with Gasteiger partial charge in [-0.05, 0) is 12.8 Å². The van der Waals surface area contributed by atoms with Crippen LogP contribution in [-0.4, -0.2) is 16.2 Å². The lowest BCUT2D eigenvalue weighted by Gasteiger charge is -2.01. The maximum Gasteiger partial charge on any atom is 0.300 e. The van der Waals surface area contributed by atoms with Crippen molar-refractivity contribution in [3.05, 3.63) is 12.3 Å². The summed E-state index contributed by atoms with van der Waals surface area (Å²) in [4.78, 5) is 9.00. The Hall–Kier alpha value is -0.990. The van der Waals surface area contributed by atoms with Gasteiger partial charge in [0.2, 0.25) is 0 Å². The molecule has 0 fully saturated rings. The molecule has 0 aliphatic carbocycles. The van der Waals surface area contributed by atoms with Crippen molar-refractivity contribution in [2.75, 3.05) is 0 Å². The molecule has 0 aromatic rings. The summed E-state index contributed by atoms with van der Waals surface area (Å²) in [6.07, 6.45) is 19.3. The summed E-state index contributed by atoms with van der Waals surface area (Å²) >= 11 is 0.